The monoisotopic (exact) mass is 1680 g/mol. The van der Waals surface area contributed by atoms with Crippen LogP contribution in [-0.4, -0.2) is 84.6 Å². The van der Waals surface area contributed by atoms with Crippen LogP contribution in [-0.2, 0) is 73.0 Å². The second-order valence-electron chi connectivity index (χ2n) is 27.6. The van der Waals surface area contributed by atoms with Gasteiger partial charge in [0.1, 0.15) is 22.4 Å². The van der Waals surface area contributed by atoms with Gasteiger partial charge >= 0.3 is 57.6 Å². The van der Waals surface area contributed by atoms with Crippen molar-refractivity contribution in [2.24, 2.45) is 35.0 Å². The number of nitrogens with zero attached hydrogens (tertiary/aromatic N) is 4. The van der Waals surface area contributed by atoms with Crippen molar-refractivity contribution in [1.82, 2.24) is 30.6 Å². The number of primary amides is 1. The molecule has 7 aliphatic rings. The van der Waals surface area contributed by atoms with E-state index in [2.05, 4.69) is 110 Å². The molecular formula is C64H90ClCuI3N11O12. The number of halogens is 4. The molecule has 0 aromatic carbocycles. The number of ether oxygens (including phenoxy) is 5. The Balaban J connectivity index is 0.000000241. The molecule has 0 radical (unpaired) electrons. The minimum atomic E-state index is -1.06. The second kappa shape index (κ2) is 33.7. The van der Waals surface area contributed by atoms with E-state index in [4.69, 9.17) is 36.1 Å². The Hall–Kier alpha value is -4.79. The molecule has 5 amide bonds. The number of alkyl carbamates (subject to hydrolysis) is 2. The van der Waals surface area contributed by atoms with Gasteiger partial charge in [-0.2, -0.15) is 0 Å². The van der Waals surface area contributed by atoms with Crippen molar-refractivity contribution in [2.75, 3.05) is 10.6 Å². The predicted molar refractivity (Wildman–Crippen MR) is 373 cm³/mol. The molecule has 0 unspecified atom stereocenters. The molecule has 4 aromatic rings. The van der Waals surface area contributed by atoms with Gasteiger partial charge in [-0.25, -0.2) is 19.2 Å². The zero-order chi connectivity index (χ0) is 68.0. The fourth-order valence-electron chi connectivity index (χ4n) is 7.92. The van der Waals surface area contributed by atoms with Gasteiger partial charge in [0.25, 0.3) is 0 Å². The van der Waals surface area contributed by atoms with Gasteiger partial charge in [0, 0.05) is 37.3 Å². The summed E-state index contributed by atoms with van der Waals surface area (Å²) in [5.74, 6) is 0.679. The Morgan fingerprint density at radius 2 is 0.750 bits per heavy atom. The number of hydrogen-bond acceptors (Lipinski definition) is 18. The number of nitrogens with one attached hydrogen (secondary N) is 4. The van der Waals surface area contributed by atoms with Crippen LogP contribution >= 0.6 is 77.9 Å². The number of nitrogens with two attached hydrogens (primary N) is 3. The minimum absolute atomic E-state index is 0. The standard InChI is InChI=1S/C17H23N3O3.C13H17IN2O2.C12H15N3O.C10H18O5.C8H9IN2.C4H7NO.ClH.Cu.HI/c1-16(2,3)23-15(22)20-17(8-9-17)13-7-6-12(10-18-13)19-14(21)11-4-5-11;1-12(2,3)18-11(17)16-13(6-7-13)10-5-4-9(14)8-15-10;13-12(5-6-12)10-4-3-9(7-14-10)15-11(16)8-1-2-8;1-9(2,3)14-7(11)13-8(12)15-10(4,5)6;9-6-1-2-7(11-5-6)8(10)3-4-8;5-4(6)3-1-2-3;;;/h6-7,10-11H,4-5,8-9H2,1-3H3,(H,19,21)(H,20,22);4-5,8H,6-7H2,1-3H3,(H,16,17);3-4,7-8H,1-2,5-6,13H2,(H,15,16);1-6H3;1-2,5H,3-4,10H2;3H,1-2H2,(H2,5,6);1H;;1H/q;;;;;;;+1;/p-1. The molecule has 0 aliphatic heterocycles. The molecule has 0 bridgehead atoms. The van der Waals surface area contributed by atoms with Gasteiger partial charge in [-0.1, -0.05) is 0 Å². The summed E-state index contributed by atoms with van der Waals surface area (Å²) in [7, 11) is 0. The molecular weight excluding hydrogens is 1590 g/mol. The molecule has 0 spiro atoms. The van der Waals surface area contributed by atoms with Gasteiger partial charge in [-0.15, -0.1) is 12.4 Å². The Bertz CT molecular complexity index is 3090. The van der Waals surface area contributed by atoms with Crippen LogP contribution in [0.15, 0.2) is 73.3 Å². The third-order valence-corrected chi connectivity index (χ3v) is 15.2. The predicted octanol–water partition coefficient (Wildman–Crippen LogP) is 13.2. The van der Waals surface area contributed by atoms with Gasteiger partial charge in [0.05, 0.1) is 68.7 Å². The first kappa shape index (κ1) is 79.6. The zero-order valence-corrected chi connectivity index (χ0v) is 62.6. The number of rotatable bonds is 11. The number of carbonyl (C=O) groups excluding carboxylic acids is 7. The van der Waals surface area contributed by atoms with Gasteiger partial charge in [-0.05, 0) is 267 Å². The Morgan fingerprint density at radius 3 is 0.978 bits per heavy atom. The normalized spacial score (nSPS) is 17.6. The van der Waals surface area contributed by atoms with Crippen LogP contribution in [0.5, 0.6) is 0 Å². The summed E-state index contributed by atoms with van der Waals surface area (Å²) in [4.78, 5) is 96.4. The van der Waals surface area contributed by atoms with Crippen molar-refractivity contribution in [1.29, 1.82) is 0 Å². The van der Waals surface area contributed by atoms with E-state index in [1.165, 1.54) is 0 Å². The zero-order valence-electron chi connectivity index (χ0n) is 54.3. The van der Waals surface area contributed by atoms with Crippen LogP contribution in [0.3, 0.4) is 0 Å². The van der Waals surface area contributed by atoms with E-state index in [1.807, 2.05) is 96.4 Å². The molecule has 92 heavy (non-hydrogen) atoms. The molecule has 0 atom stereocenters. The average Bonchev–Trinajstić information content (AvgIpc) is 1.62. The van der Waals surface area contributed by atoms with Crippen molar-refractivity contribution in [3.8, 4) is 0 Å². The Labute approximate surface area is 593 Å². The summed E-state index contributed by atoms with van der Waals surface area (Å²) in [6.45, 7) is 21.1. The fourth-order valence-corrected chi connectivity index (χ4v) is 8.56. The molecule has 7 fully saturated rings. The summed E-state index contributed by atoms with van der Waals surface area (Å²) in [6.07, 6.45) is 17.8. The van der Waals surface area contributed by atoms with Crippen molar-refractivity contribution >= 4 is 132 Å². The maximum atomic E-state index is 12.0. The molecule has 10 N–H and O–H groups in total. The molecule has 4 heterocycles. The second-order valence-corrected chi connectivity index (χ2v) is 30.0. The van der Waals surface area contributed by atoms with E-state index in [0.717, 1.165) is 125 Å². The number of hydrogen-bond donors (Lipinski definition) is 7. The van der Waals surface area contributed by atoms with Gasteiger partial charge in [-0.3, -0.25) is 34.3 Å². The van der Waals surface area contributed by atoms with E-state index in [-0.39, 0.29) is 70.6 Å². The first-order valence-corrected chi connectivity index (χ1v) is 35.4. The van der Waals surface area contributed by atoms with E-state index in [1.54, 1.807) is 74.3 Å². The Kier molecular flexibility index (Phi) is 29.2. The summed E-state index contributed by atoms with van der Waals surface area (Å²) in [5.41, 5.74) is 18.6. The molecule has 0 saturated heterocycles. The van der Waals surface area contributed by atoms with Crippen molar-refractivity contribution in [3.05, 3.63) is 103 Å². The first-order valence-electron chi connectivity index (χ1n) is 30.2. The number of pyridine rings is 4. The van der Waals surface area contributed by atoms with Crippen LogP contribution in [0.1, 0.15) is 196 Å². The number of carbonyl (C=O) groups is 7. The first-order chi connectivity index (χ1) is 42.3. The maximum absolute atomic E-state index is 12.0. The van der Waals surface area contributed by atoms with Crippen LogP contribution in [0, 0.1) is 24.9 Å². The van der Waals surface area contributed by atoms with Crippen LogP contribution in [0.2, 0.25) is 0 Å². The van der Waals surface area contributed by atoms with E-state index in [9.17, 15) is 33.6 Å². The average molecular weight is 1690 g/mol. The summed E-state index contributed by atoms with van der Waals surface area (Å²) in [5, 5.41) is 11.6. The van der Waals surface area contributed by atoms with Crippen LogP contribution in [0.4, 0.5) is 30.6 Å². The number of aromatic nitrogens is 4. The molecule has 7 saturated carbocycles. The topological polar surface area (TPSA) is 343 Å². The molecule has 28 heteroatoms. The summed E-state index contributed by atoms with van der Waals surface area (Å²) < 4.78 is 26.6. The van der Waals surface area contributed by atoms with E-state index < -0.39 is 46.3 Å². The summed E-state index contributed by atoms with van der Waals surface area (Å²) >= 11 is 10.3. The van der Waals surface area contributed by atoms with Gasteiger partial charge < -0.3 is 62.2 Å². The molecule has 7 aliphatic carbocycles. The van der Waals surface area contributed by atoms with Crippen LogP contribution < -0.4 is 38.5 Å². The van der Waals surface area contributed by atoms with Crippen LogP contribution in [0.25, 0.3) is 0 Å². The van der Waals surface area contributed by atoms with Crippen molar-refractivity contribution in [3.63, 3.8) is 0 Å². The van der Waals surface area contributed by atoms with Crippen molar-refractivity contribution < 1.29 is 70.0 Å². The Morgan fingerprint density at radius 1 is 0.457 bits per heavy atom. The SMILES string of the molecule is CC(C)(C)OC(=O)NC1(c2ccc(I)cn2)CC1.CC(C)(C)OC(=O)NC1(c2ccc(NC(=O)C3CC3)cn2)CC1.CC(C)(C)OC(=O)OC(=O)OC(C)(C)C.Cl.NC(=O)C1CC1.NC1(c2ccc(I)cn2)CC1.NC1(c2ccc(NC(=O)C3CC3)cn2)CC1.[Cu][I]. The van der Waals surface area contributed by atoms with E-state index in [0.29, 0.717) is 5.69 Å². The molecule has 23 nitrogen and oxygen atoms in total. The molecule has 4 aromatic heterocycles. The van der Waals surface area contributed by atoms with Crippen molar-refractivity contribution in [2.45, 2.75) is 218 Å². The van der Waals surface area contributed by atoms with Gasteiger partial charge in [0.15, 0.2) is 0 Å². The number of amides is 5. The third-order valence-electron chi connectivity index (χ3n) is 13.9. The number of anilines is 2. The quantitative estimate of drug-likeness (QED) is 0.0241. The third kappa shape index (κ3) is 29.9. The molecule has 11 rings (SSSR count). The summed E-state index contributed by atoms with van der Waals surface area (Å²) in [6, 6.07) is 15.5. The fraction of sp³-hybridized carbons (Fsp3) is 0.578. The van der Waals surface area contributed by atoms with Gasteiger partial charge in [0.2, 0.25) is 17.7 Å². The molecule has 512 valence electrons. The van der Waals surface area contributed by atoms with E-state index >= 15 is 0 Å².